The van der Waals surface area contributed by atoms with Crippen LogP contribution in [0.5, 0.6) is 0 Å². The molecule has 0 saturated carbocycles. The molecule has 3 rings (SSSR count). The average molecular weight is 270 g/mol. The Hall–Kier alpha value is -2.21. The molecule has 0 aliphatic rings. The highest BCUT2D eigenvalue weighted by atomic mass is 15.3. The van der Waals surface area contributed by atoms with Gasteiger partial charge in [0.15, 0.2) is 5.65 Å². The van der Waals surface area contributed by atoms with Crippen molar-refractivity contribution in [1.82, 2.24) is 29.7 Å². The summed E-state index contributed by atoms with van der Waals surface area (Å²) in [7, 11) is 1.97. The van der Waals surface area contributed by atoms with E-state index in [0.29, 0.717) is 0 Å². The summed E-state index contributed by atoms with van der Waals surface area (Å²) in [5.74, 6) is 0. The van der Waals surface area contributed by atoms with Crippen LogP contribution in [-0.2, 0) is 20.0 Å². The van der Waals surface area contributed by atoms with Crippen LogP contribution >= 0.6 is 0 Å². The van der Waals surface area contributed by atoms with E-state index >= 15 is 0 Å². The fraction of sp³-hybridized carbons (Fsp3) is 0.357. The predicted octanol–water partition coefficient (Wildman–Crippen LogP) is 1.10. The molecular formula is C14H18N6. The Labute approximate surface area is 117 Å². The van der Waals surface area contributed by atoms with Crippen molar-refractivity contribution in [1.29, 1.82) is 0 Å². The van der Waals surface area contributed by atoms with Gasteiger partial charge in [0.05, 0.1) is 5.69 Å². The minimum atomic E-state index is 0.791. The van der Waals surface area contributed by atoms with E-state index in [1.54, 1.807) is 0 Å². The lowest BCUT2D eigenvalue weighted by atomic mass is 10.3. The van der Waals surface area contributed by atoms with Crippen LogP contribution in [0.1, 0.15) is 17.0 Å². The number of aryl methyl sites for hydroxylation is 2. The molecule has 1 N–H and O–H groups in total. The van der Waals surface area contributed by atoms with Gasteiger partial charge in [-0.05, 0) is 13.0 Å². The first-order chi connectivity index (χ1) is 9.72. The lowest BCUT2D eigenvalue weighted by molar-refractivity contribution is 0.640. The quantitative estimate of drug-likeness (QED) is 0.705. The normalized spacial score (nSPS) is 11.3. The van der Waals surface area contributed by atoms with Gasteiger partial charge < -0.3 is 5.32 Å². The Balaban J connectivity index is 1.55. The number of nitrogens with zero attached hydrogens (tertiary/aromatic N) is 5. The summed E-state index contributed by atoms with van der Waals surface area (Å²) in [6.45, 7) is 3.68. The SMILES string of the molecule is Cc1cc2ncc(CNCCc3ccnn3C)cn2n1. The van der Waals surface area contributed by atoms with Crippen molar-refractivity contribution in [3.63, 3.8) is 0 Å². The molecule has 0 aromatic carbocycles. The Morgan fingerprint density at radius 3 is 3.05 bits per heavy atom. The third kappa shape index (κ3) is 2.70. The maximum atomic E-state index is 4.39. The zero-order valence-electron chi connectivity index (χ0n) is 11.7. The van der Waals surface area contributed by atoms with Crippen LogP contribution in [0.2, 0.25) is 0 Å². The molecule has 0 spiro atoms. The zero-order valence-corrected chi connectivity index (χ0v) is 11.7. The summed E-state index contributed by atoms with van der Waals surface area (Å²) in [6, 6.07) is 4.02. The van der Waals surface area contributed by atoms with E-state index in [1.165, 1.54) is 5.69 Å². The predicted molar refractivity (Wildman–Crippen MR) is 76.3 cm³/mol. The molecular weight excluding hydrogens is 252 g/mol. The van der Waals surface area contributed by atoms with Crippen molar-refractivity contribution < 1.29 is 0 Å². The number of aromatic nitrogens is 5. The number of nitrogens with one attached hydrogen (secondary N) is 1. The fourth-order valence-electron chi connectivity index (χ4n) is 2.22. The number of fused-ring (bicyclic) bond motifs is 1. The molecule has 6 nitrogen and oxygen atoms in total. The van der Waals surface area contributed by atoms with E-state index < -0.39 is 0 Å². The number of rotatable bonds is 5. The zero-order chi connectivity index (χ0) is 13.9. The van der Waals surface area contributed by atoms with Gasteiger partial charge in [-0.25, -0.2) is 9.50 Å². The van der Waals surface area contributed by atoms with E-state index in [-0.39, 0.29) is 0 Å². The Kier molecular flexibility index (Phi) is 3.47. The van der Waals surface area contributed by atoms with Crippen LogP contribution in [0, 0.1) is 6.92 Å². The topological polar surface area (TPSA) is 60.0 Å². The molecule has 3 heterocycles. The van der Waals surface area contributed by atoms with E-state index in [2.05, 4.69) is 20.5 Å². The molecule has 0 saturated heterocycles. The minimum Gasteiger partial charge on any atom is -0.312 e. The third-order valence-corrected chi connectivity index (χ3v) is 3.30. The second-order valence-electron chi connectivity index (χ2n) is 4.92. The maximum Gasteiger partial charge on any atom is 0.155 e. The molecule has 0 bridgehead atoms. The summed E-state index contributed by atoms with van der Waals surface area (Å²) in [4.78, 5) is 4.39. The van der Waals surface area contributed by atoms with Gasteiger partial charge in [-0.15, -0.1) is 0 Å². The average Bonchev–Trinajstić information content (AvgIpc) is 2.99. The van der Waals surface area contributed by atoms with Gasteiger partial charge in [0.2, 0.25) is 0 Å². The second-order valence-corrected chi connectivity index (χ2v) is 4.92. The van der Waals surface area contributed by atoms with Crippen LogP contribution in [0.25, 0.3) is 5.65 Å². The smallest absolute Gasteiger partial charge is 0.155 e. The first-order valence-electron chi connectivity index (χ1n) is 6.71. The van der Waals surface area contributed by atoms with Crippen LogP contribution in [-0.4, -0.2) is 30.9 Å². The van der Waals surface area contributed by atoms with Gasteiger partial charge in [0.25, 0.3) is 0 Å². The molecule has 0 fully saturated rings. The summed E-state index contributed by atoms with van der Waals surface area (Å²) in [5, 5.41) is 11.9. The Morgan fingerprint density at radius 2 is 2.25 bits per heavy atom. The lowest BCUT2D eigenvalue weighted by Crippen LogP contribution is -2.18. The molecule has 0 atom stereocenters. The van der Waals surface area contributed by atoms with Crippen molar-refractivity contribution >= 4 is 5.65 Å². The molecule has 0 unspecified atom stereocenters. The van der Waals surface area contributed by atoms with Crippen molar-refractivity contribution in [2.75, 3.05) is 6.54 Å². The Bertz CT molecular complexity index is 711. The van der Waals surface area contributed by atoms with Crippen molar-refractivity contribution in [3.05, 3.63) is 47.7 Å². The van der Waals surface area contributed by atoms with Gasteiger partial charge in [-0.2, -0.15) is 10.2 Å². The Morgan fingerprint density at radius 1 is 1.35 bits per heavy atom. The monoisotopic (exact) mass is 270 g/mol. The number of hydrogen-bond acceptors (Lipinski definition) is 4. The first kappa shape index (κ1) is 12.8. The first-order valence-corrected chi connectivity index (χ1v) is 6.71. The molecule has 3 aromatic rings. The van der Waals surface area contributed by atoms with Crippen molar-refractivity contribution in [2.24, 2.45) is 7.05 Å². The highest BCUT2D eigenvalue weighted by Crippen LogP contribution is 2.04. The lowest BCUT2D eigenvalue weighted by Gasteiger charge is -2.05. The molecule has 6 heteroatoms. The van der Waals surface area contributed by atoms with E-state index in [1.807, 2.05) is 53.9 Å². The molecule has 0 amide bonds. The summed E-state index contributed by atoms with van der Waals surface area (Å²) in [5.41, 5.74) is 4.24. The molecule has 0 aliphatic heterocycles. The van der Waals surface area contributed by atoms with Crippen molar-refractivity contribution in [3.8, 4) is 0 Å². The summed E-state index contributed by atoms with van der Waals surface area (Å²) in [6.07, 6.45) is 6.71. The van der Waals surface area contributed by atoms with Gasteiger partial charge in [0, 0.05) is 62.5 Å². The van der Waals surface area contributed by atoms with Gasteiger partial charge in [-0.3, -0.25) is 4.68 Å². The minimum absolute atomic E-state index is 0.791. The van der Waals surface area contributed by atoms with Crippen LogP contribution < -0.4 is 5.32 Å². The van der Waals surface area contributed by atoms with Crippen molar-refractivity contribution in [2.45, 2.75) is 19.9 Å². The van der Waals surface area contributed by atoms with Crippen LogP contribution in [0.3, 0.4) is 0 Å². The molecule has 104 valence electrons. The largest absolute Gasteiger partial charge is 0.312 e. The molecule has 3 aromatic heterocycles. The highest BCUT2D eigenvalue weighted by molar-refractivity contribution is 5.38. The molecule has 0 radical (unpaired) electrons. The number of hydrogen-bond donors (Lipinski definition) is 1. The van der Waals surface area contributed by atoms with Crippen LogP contribution in [0.15, 0.2) is 30.7 Å². The maximum absolute atomic E-state index is 4.39. The van der Waals surface area contributed by atoms with E-state index in [0.717, 1.165) is 36.4 Å². The van der Waals surface area contributed by atoms with Gasteiger partial charge in [-0.1, -0.05) is 0 Å². The van der Waals surface area contributed by atoms with E-state index in [4.69, 9.17) is 0 Å². The highest BCUT2D eigenvalue weighted by Gasteiger charge is 2.01. The second kappa shape index (κ2) is 5.42. The van der Waals surface area contributed by atoms with Crippen LogP contribution in [0.4, 0.5) is 0 Å². The standard InChI is InChI=1S/C14H18N6/c1-11-7-14-16-9-12(10-20(14)18-11)8-15-5-3-13-4-6-17-19(13)2/h4,6-7,9-10,15H,3,5,8H2,1-2H3. The van der Waals surface area contributed by atoms with Gasteiger partial charge in [0.1, 0.15) is 0 Å². The fourth-order valence-corrected chi connectivity index (χ4v) is 2.22. The summed E-state index contributed by atoms with van der Waals surface area (Å²) < 4.78 is 3.73. The van der Waals surface area contributed by atoms with Gasteiger partial charge >= 0.3 is 0 Å². The molecule has 20 heavy (non-hydrogen) atoms. The molecule has 0 aliphatic carbocycles. The third-order valence-electron chi connectivity index (χ3n) is 3.30. The van der Waals surface area contributed by atoms with E-state index in [9.17, 15) is 0 Å². The summed E-state index contributed by atoms with van der Waals surface area (Å²) >= 11 is 0.